The number of aryl methyl sites for hydroxylation is 1. The van der Waals surface area contributed by atoms with Crippen molar-refractivity contribution in [2.45, 2.75) is 39.7 Å². The van der Waals surface area contributed by atoms with Crippen molar-refractivity contribution in [3.05, 3.63) is 16.4 Å². The number of halogens is 1. The lowest BCUT2D eigenvalue weighted by molar-refractivity contribution is -0.131. The van der Waals surface area contributed by atoms with Gasteiger partial charge in [-0.25, -0.2) is 0 Å². The zero-order valence-corrected chi connectivity index (χ0v) is 14.3. The van der Waals surface area contributed by atoms with Crippen molar-refractivity contribution < 1.29 is 4.79 Å². The summed E-state index contributed by atoms with van der Waals surface area (Å²) in [7, 11) is 0. The highest BCUT2D eigenvalue weighted by Gasteiger charge is 2.26. The molecule has 0 radical (unpaired) electrons. The zero-order valence-electron chi connectivity index (χ0n) is 13.5. The molecule has 2 fully saturated rings. The molecule has 1 amide bonds. The van der Waals surface area contributed by atoms with Gasteiger partial charge < -0.3 is 9.80 Å². The van der Waals surface area contributed by atoms with E-state index in [0.717, 1.165) is 49.9 Å². The Hall–Kier alpha value is -1.07. The van der Waals surface area contributed by atoms with Crippen LogP contribution < -0.4 is 0 Å². The highest BCUT2D eigenvalue weighted by molar-refractivity contribution is 6.31. The maximum absolute atomic E-state index is 12.5. The molecule has 22 heavy (non-hydrogen) atoms. The molecule has 122 valence electrons. The van der Waals surface area contributed by atoms with Gasteiger partial charge >= 0.3 is 0 Å². The van der Waals surface area contributed by atoms with Crippen molar-refractivity contribution in [3.8, 4) is 0 Å². The smallest absolute Gasteiger partial charge is 0.244 e. The van der Waals surface area contributed by atoms with E-state index in [2.05, 4.69) is 10.00 Å². The highest BCUT2D eigenvalue weighted by atomic mass is 35.5. The first kappa shape index (κ1) is 15.8. The lowest BCUT2D eigenvalue weighted by atomic mass is 10.3. The Balaban J connectivity index is 1.56. The maximum Gasteiger partial charge on any atom is 0.244 e. The number of aromatic nitrogens is 2. The lowest BCUT2D eigenvalue weighted by Gasteiger charge is -2.22. The molecule has 0 unspecified atom stereocenters. The van der Waals surface area contributed by atoms with Crippen LogP contribution in [0.1, 0.15) is 30.7 Å². The molecule has 0 spiro atoms. The fourth-order valence-electron chi connectivity index (χ4n) is 3.13. The zero-order chi connectivity index (χ0) is 15.7. The van der Waals surface area contributed by atoms with Crippen LogP contribution in [-0.4, -0.2) is 58.2 Å². The Labute approximate surface area is 137 Å². The van der Waals surface area contributed by atoms with Crippen molar-refractivity contribution in [3.63, 3.8) is 0 Å². The number of hydrogen-bond acceptors (Lipinski definition) is 3. The average Bonchev–Trinajstić information content (AvgIpc) is 3.29. The molecule has 0 atom stereocenters. The second-order valence-electron chi connectivity index (χ2n) is 6.62. The van der Waals surface area contributed by atoms with Gasteiger partial charge in [0.25, 0.3) is 0 Å². The van der Waals surface area contributed by atoms with Crippen LogP contribution in [-0.2, 0) is 11.3 Å². The number of carbonyl (C=O) groups excluding carboxylic acids is 1. The Morgan fingerprint density at radius 1 is 1.23 bits per heavy atom. The Kier molecular flexibility index (Phi) is 4.73. The second kappa shape index (κ2) is 6.59. The molecule has 1 aliphatic carbocycles. The van der Waals surface area contributed by atoms with E-state index in [1.807, 2.05) is 18.7 Å². The minimum Gasteiger partial charge on any atom is -0.340 e. The Morgan fingerprint density at radius 2 is 2.00 bits per heavy atom. The second-order valence-corrected chi connectivity index (χ2v) is 7.00. The van der Waals surface area contributed by atoms with Gasteiger partial charge in [-0.3, -0.25) is 9.48 Å². The van der Waals surface area contributed by atoms with E-state index in [0.29, 0.717) is 11.6 Å². The molecule has 5 nitrogen and oxygen atoms in total. The summed E-state index contributed by atoms with van der Waals surface area (Å²) in [4.78, 5) is 17.0. The number of carbonyl (C=O) groups is 1. The lowest BCUT2D eigenvalue weighted by Crippen LogP contribution is -2.37. The summed E-state index contributed by atoms with van der Waals surface area (Å²) >= 11 is 6.15. The first-order valence-electron chi connectivity index (χ1n) is 8.24. The number of nitrogens with zero attached hydrogens (tertiary/aromatic N) is 4. The van der Waals surface area contributed by atoms with Crippen molar-refractivity contribution in [1.82, 2.24) is 19.6 Å². The summed E-state index contributed by atoms with van der Waals surface area (Å²) in [6, 6.07) is 0. The van der Waals surface area contributed by atoms with Crippen LogP contribution in [0.2, 0.25) is 5.02 Å². The van der Waals surface area contributed by atoms with E-state index in [4.69, 9.17) is 11.6 Å². The summed E-state index contributed by atoms with van der Waals surface area (Å²) in [6.45, 7) is 9.10. The van der Waals surface area contributed by atoms with Crippen LogP contribution in [0.25, 0.3) is 0 Å². The van der Waals surface area contributed by atoms with Gasteiger partial charge in [0.15, 0.2) is 0 Å². The van der Waals surface area contributed by atoms with Gasteiger partial charge in [-0.05, 0) is 45.6 Å². The molecule has 6 heteroatoms. The molecular weight excluding hydrogens is 300 g/mol. The minimum absolute atomic E-state index is 0.149. The van der Waals surface area contributed by atoms with Gasteiger partial charge in [-0.15, -0.1) is 0 Å². The fourth-order valence-corrected chi connectivity index (χ4v) is 3.26. The average molecular weight is 325 g/mol. The third kappa shape index (κ3) is 3.63. The first-order chi connectivity index (χ1) is 10.5. The Bertz CT molecular complexity index is 553. The molecule has 1 aromatic heterocycles. The van der Waals surface area contributed by atoms with Gasteiger partial charge in [-0.1, -0.05) is 11.6 Å². The predicted molar refractivity (Wildman–Crippen MR) is 87.1 cm³/mol. The molecule has 1 aromatic rings. The normalized spacial score (nSPS) is 20.2. The number of hydrogen-bond donors (Lipinski definition) is 0. The summed E-state index contributed by atoms with van der Waals surface area (Å²) in [5, 5.41) is 5.02. The van der Waals surface area contributed by atoms with Gasteiger partial charge in [0.05, 0.1) is 16.4 Å². The molecule has 0 aromatic carbocycles. The van der Waals surface area contributed by atoms with E-state index in [1.165, 1.54) is 19.4 Å². The van der Waals surface area contributed by atoms with Crippen molar-refractivity contribution >= 4 is 17.5 Å². The molecule has 2 aliphatic rings. The molecule has 2 heterocycles. The molecule has 1 aliphatic heterocycles. The van der Waals surface area contributed by atoms with Crippen molar-refractivity contribution in [2.75, 3.05) is 32.7 Å². The largest absolute Gasteiger partial charge is 0.340 e. The molecule has 1 saturated carbocycles. The van der Waals surface area contributed by atoms with E-state index in [-0.39, 0.29) is 5.91 Å². The molecule has 1 saturated heterocycles. The van der Waals surface area contributed by atoms with Gasteiger partial charge in [0.1, 0.15) is 6.54 Å². The topological polar surface area (TPSA) is 41.4 Å². The fraction of sp³-hybridized carbons (Fsp3) is 0.750. The monoisotopic (exact) mass is 324 g/mol. The molecular formula is C16H25ClN4O. The van der Waals surface area contributed by atoms with Crippen LogP contribution in [0, 0.1) is 19.8 Å². The summed E-state index contributed by atoms with van der Waals surface area (Å²) in [5.74, 6) is 1.06. The maximum atomic E-state index is 12.5. The third-order valence-corrected chi connectivity index (χ3v) is 5.28. The van der Waals surface area contributed by atoms with Crippen LogP contribution in [0.5, 0.6) is 0 Å². The summed E-state index contributed by atoms with van der Waals surface area (Å²) < 4.78 is 1.73. The standard InChI is InChI=1S/C16H25ClN4O/c1-12-16(17)13(2)21(18-12)11-15(22)20-7-3-6-19(8-9-20)10-14-4-5-14/h14H,3-11H2,1-2H3. The summed E-state index contributed by atoms with van der Waals surface area (Å²) in [5.41, 5.74) is 1.66. The van der Waals surface area contributed by atoms with E-state index < -0.39 is 0 Å². The predicted octanol–water partition coefficient (Wildman–Crippen LogP) is 2.10. The molecule has 3 rings (SSSR count). The Morgan fingerprint density at radius 3 is 2.64 bits per heavy atom. The summed E-state index contributed by atoms with van der Waals surface area (Å²) in [6.07, 6.45) is 3.84. The number of rotatable bonds is 4. The molecule has 0 bridgehead atoms. The SMILES string of the molecule is Cc1nn(CC(=O)N2CCCN(CC3CC3)CC2)c(C)c1Cl. The van der Waals surface area contributed by atoms with E-state index in [9.17, 15) is 4.79 Å². The number of amides is 1. The third-order valence-electron chi connectivity index (χ3n) is 4.73. The van der Waals surface area contributed by atoms with Gasteiger partial charge in [-0.2, -0.15) is 5.10 Å². The quantitative estimate of drug-likeness (QED) is 0.851. The van der Waals surface area contributed by atoms with Crippen LogP contribution in [0.4, 0.5) is 0 Å². The van der Waals surface area contributed by atoms with Crippen LogP contribution in [0.3, 0.4) is 0 Å². The van der Waals surface area contributed by atoms with Crippen LogP contribution >= 0.6 is 11.6 Å². The van der Waals surface area contributed by atoms with Crippen molar-refractivity contribution in [1.29, 1.82) is 0 Å². The van der Waals surface area contributed by atoms with E-state index >= 15 is 0 Å². The first-order valence-corrected chi connectivity index (χ1v) is 8.62. The van der Waals surface area contributed by atoms with Gasteiger partial charge in [0, 0.05) is 26.2 Å². The van der Waals surface area contributed by atoms with E-state index in [1.54, 1.807) is 4.68 Å². The minimum atomic E-state index is 0.149. The highest BCUT2D eigenvalue weighted by Crippen LogP contribution is 2.30. The van der Waals surface area contributed by atoms with Crippen molar-refractivity contribution in [2.24, 2.45) is 5.92 Å². The van der Waals surface area contributed by atoms with Crippen LogP contribution in [0.15, 0.2) is 0 Å². The molecule has 0 N–H and O–H groups in total. The van der Waals surface area contributed by atoms with Gasteiger partial charge in [0.2, 0.25) is 5.91 Å².